The minimum absolute atomic E-state index is 0.114. The average Bonchev–Trinajstić information content (AvgIpc) is 3.02. The van der Waals surface area contributed by atoms with Gasteiger partial charge in [0.15, 0.2) is 0 Å². The van der Waals surface area contributed by atoms with E-state index < -0.39 is 5.97 Å². The lowest BCUT2D eigenvalue weighted by Crippen LogP contribution is -2.27. The molecule has 1 aromatic carbocycles. The van der Waals surface area contributed by atoms with Crippen LogP contribution in [-0.2, 0) is 6.42 Å². The van der Waals surface area contributed by atoms with Gasteiger partial charge in [-0.3, -0.25) is 4.79 Å². The van der Waals surface area contributed by atoms with Gasteiger partial charge in [-0.1, -0.05) is 30.3 Å². The number of carbonyl (C=O) groups excluding carboxylic acids is 1. The second-order valence-corrected chi connectivity index (χ2v) is 6.22. The predicted octanol–water partition coefficient (Wildman–Crippen LogP) is 3.54. The van der Waals surface area contributed by atoms with E-state index in [1.165, 1.54) is 11.6 Å². The van der Waals surface area contributed by atoms with Crippen LogP contribution in [-0.4, -0.2) is 35.5 Å². The van der Waals surface area contributed by atoms with E-state index >= 15 is 0 Å². The van der Waals surface area contributed by atoms with Gasteiger partial charge < -0.3 is 10.0 Å². The molecule has 0 aliphatic carbocycles. The quantitative estimate of drug-likeness (QED) is 0.795. The molecular formula is C17H19NO3S. The van der Waals surface area contributed by atoms with Gasteiger partial charge >= 0.3 is 5.97 Å². The van der Waals surface area contributed by atoms with Crippen LogP contribution in [0.15, 0.2) is 42.5 Å². The smallest absolute Gasteiger partial charge is 0.345 e. The number of rotatable bonds is 7. The zero-order valence-electron chi connectivity index (χ0n) is 12.5. The van der Waals surface area contributed by atoms with Crippen molar-refractivity contribution in [2.24, 2.45) is 0 Å². The van der Waals surface area contributed by atoms with E-state index in [0.29, 0.717) is 11.4 Å². The molecular weight excluding hydrogens is 298 g/mol. The number of carbonyl (C=O) groups is 2. The number of aromatic carboxylic acids is 1. The highest BCUT2D eigenvalue weighted by Gasteiger charge is 2.16. The molecule has 1 amide bonds. The van der Waals surface area contributed by atoms with Gasteiger partial charge in [-0.25, -0.2) is 4.79 Å². The number of unbranched alkanes of at least 4 members (excludes halogenated alkanes) is 1. The SMILES string of the molecule is CN(CCCCc1ccccc1)C(=O)c1ccc(C(=O)O)s1. The Balaban J connectivity index is 1.77. The van der Waals surface area contributed by atoms with Crippen LogP contribution in [0.3, 0.4) is 0 Å². The molecule has 0 saturated carbocycles. The van der Waals surface area contributed by atoms with Crippen molar-refractivity contribution in [3.8, 4) is 0 Å². The highest BCUT2D eigenvalue weighted by Crippen LogP contribution is 2.18. The molecule has 1 heterocycles. The van der Waals surface area contributed by atoms with Crippen molar-refractivity contribution in [2.45, 2.75) is 19.3 Å². The molecule has 0 spiro atoms. The predicted molar refractivity (Wildman–Crippen MR) is 87.6 cm³/mol. The number of benzene rings is 1. The Bertz CT molecular complexity index is 636. The van der Waals surface area contributed by atoms with Crippen LogP contribution in [0.4, 0.5) is 0 Å². The lowest BCUT2D eigenvalue weighted by Gasteiger charge is -2.16. The molecule has 116 valence electrons. The maximum Gasteiger partial charge on any atom is 0.345 e. The molecule has 0 radical (unpaired) electrons. The molecule has 0 aliphatic heterocycles. The van der Waals surface area contributed by atoms with Crippen LogP contribution < -0.4 is 0 Å². The van der Waals surface area contributed by atoms with Crippen LogP contribution in [0, 0.1) is 0 Å². The van der Waals surface area contributed by atoms with Crippen molar-refractivity contribution in [2.75, 3.05) is 13.6 Å². The normalized spacial score (nSPS) is 10.4. The molecule has 0 fully saturated rings. The summed E-state index contributed by atoms with van der Waals surface area (Å²) in [7, 11) is 1.75. The van der Waals surface area contributed by atoms with E-state index in [1.807, 2.05) is 18.2 Å². The van der Waals surface area contributed by atoms with Crippen LogP contribution in [0.25, 0.3) is 0 Å². The minimum Gasteiger partial charge on any atom is -0.477 e. The van der Waals surface area contributed by atoms with Gasteiger partial charge in [-0.05, 0) is 37.0 Å². The van der Waals surface area contributed by atoms with E-state index in [0.717, 1.165) is 30.6 Å². The molecule has 0 unspecified atom stereocenters. The number of thiophene rings is 1. The Morgan fingerprint density at radius 1 is 1.05 bits per heavy atom. The van der Waals surface area contributed by atoms with Crippen molar-refractivity contribution < 1.29 is 14.7 Å². The van der Waals surface area contributed by atoms with Crippen molar-refractivity contribution in [1.29, 1.82) is 0 Å². The molecule has 5 heteroatoms. The van der Waals surface area contributed by atoms with Gasteiger partial charge in [0.25, 0.3) is 5.91 Å². The second kappa shape index (κ2) is 7.75. The standard InChI is InChI=1S/C17H19NO3S/c1-18(12-6-5-9-13-7-3-2-4-8-13)16(19)14-10-11-15(22-14)17(20)21/h2-4,7-8,10-11H,5-6,9,12H2,1H3,(H,20,21). The van der Waals surface area contributed by atoms with Crippen LogP contribution in [0.5, 0.6) is 0 Å². The Kier molecular flexibility index (Phi) is 5.72. The Hall–Kier alpha value is -2.14. The largest absolute Gasteiger partial charge is 0.477 e. The zero-order chi connectivity index (χ0) is 15.9. The number of carboxylic acids is 1. The first-order valence-corrected chi connectivity index (χ1v) is 8.02. The van der Waals surface area contributed by atoms with Crippen molar-refractivity contribution >= 4 is 23.2 Å². The monoisotopic (exact) mass is 317 g/mol. The number of hydrogen-bond donors (Lipinski definition) is 1. The second-order valence-electron chi connectivity index (χ2n) is 5.14. The first-order valence-electron chi connectivity index (χ1n) is 7.20. The summed E-state index contributed by atoms with van der Waals surface area (Å²) in [6.45, 7) is 0.673. The van der Waals surface area contributed by atoms with E-state index in [2.05, 4.69) is 12.1 Å². The third-order valence-corrected chi connectivity index (χ3v) is 4.49. The van der Waals surface area contributed by atoms with Crippen LogP contribution in [0.2, 0.25) is 0 Å². The van der Waals surface area contributed by atoms with Gasteiger partial charge in [0, 0.05) is 13.6 Å². The first kappa shape index (κ1) is 16.2. The van der Waals surface area contributed by atoms with Gasteiger partial charge in [0.05, 0.1) is 4.88 Å². The molecule has 0 aliphatic rings. The fourth-order valence-electron chi connectivity index (χ4n) is 2.18. The van der Waals surface area contributed by atoms with Gasteiger partial charge in [0.1, 0.15) is 4.88 Å². The fraction of sp³-hybridized carbons (Fsp3) is 0.294. The summed E-state index contributed by atoms with van der Waals surface area (Å²) >= 11 is 1.02. The molecule has 1 aromatic heterocycles. The maximum atomic E-state index is 12.2. The van der Waals surface area contributed by atoms with E-state index in [9.17, 15) is 9.59 Å². The molecule has 0 saturated heterocycles. The van der Waals surface area contributed by atoms with Gasteiger partial charge in [-0.15, -0.1) is 11.3 Å². The highest BCUT2D eigenvalue weighted by molar-refractivity contribution is 7.15. The maximum absolute atomic E-state index is 12.2. The third-order valence-electron chi connectivity index (χ3n) is 3.43. The topological polar surface area (TPSA) is 57.6 Å². The molecule has 2 rings (SSSR count). The number of nitrogens with zero attached hydrogens (tertiary/aromatic N) is 1. The summed E-state index contributed by atoms with van der Waals surface area (Å²) in [6, 6.07) is 13.3. The summed E-state index contributed by atoms with van der Waals surface area (Å²) in [4.78, 5) is 25.4. The molecule has 0 bridgehead atoms. The number of amides is 1. The molecule has 0 atom stereocenters. The lowest BCUT2D eigenvalue weighted by molar-refractivity contribution is 0.0701. The number of carboxylic acid groups (broad SMARTS) is 1. The Morgan fingerprint density at radius 2 is 1.73 bits per heavy atom. The van der Waals surface area contributed by atoms with Crippen LogP contribution >= 0.6 is 11.3 Å². The average molecular weight is 317 g/mol. The molecule has 22 heavy (non-hydrogen) atoms. The van der Waals surface area contributed by atoms with Crippen LogP contribution in [0.1, 0.15) is 37.7 Å². The summed E-state index contributed by atoms with van der Waals surface area (Å²) < 4.78 is 0. The van der Waals surface area contributed by atoms with Gasteiger partial charge in [0.2, 0.25) is 0 Å². The van der Waals surface area contributed by atoms with E-state index in [-0.39, 0.29) is 10.8 Å². The molecule has 1 N–H and O–H groups in total. The molecule has 2 aromatic rings. The number of hydrogen-bond acceptors (Lipinski definition) is 3. The Labute approximate surface area is 134 Å². The highest BCUT2D eigenvalue weighted by atomic mass is 32.1. The number of aryl methyl sites for hydroxylation is 1. The van der Waals surface area contributed by atoms with E-state index in [4.69, 9.17) is 5.11 Å². The molecule has 4 nitrogen and oxygen atoms in total. The van der Waals surface area contributed by atoms with Gasteiger partial charge in [-0.2, -0.15) is 0 Å². The summed E-state index contributed by atoms with van der Waals surface area (Å²) in [5.41, 5.74) is 1.31. The van der Waals surface area contributed by atoms with Crippen molar-refractivity contribution in [3.63, 3.8) is 0 Å². The van der Waals surface area contributed by atoms with E-state index in [1.54, 1.807) is 18.0 Å². The minimum atomic E-state index is -0.991. The fourth-order valence-corrected chi connectivity index (χ4v) is 3.02. The van der Waals surface area contributed by atoms with Crippen molar-refractivity contribution in [3.05, 3.63) is 57.8 Å². The summed E-state index contributed by atoms with van der Waals surface area (Å²) in [6.07, 6.45) is 2.95. The first-order chi connectivity index (χ1) is 10.6. The summed E-state index contributed by atoms with van der Waals surface area (Å²) in [5.74, 6) is -1.10. The van der Waals surface area contributed by atoms with Crippen molar-refractivity contribution in [1.82, 2.24) is 4.90 Å². The lowest BCUT2D eigenvalue weighted by atomic mass is 10.1. The Morgan fingerprint density at radius 3 is 2.36 bits per heavy atom. The zero-order valence-corrected chi connectivity index (χ0v) is 13.3. The summed E-state index contributed by atoms with van der Waals surface area (Å²) in [5, 5.41) is 8.89. The third kappa shape index (κ3) is 4.43.